The topological polar surface area (TPSA) is 33.4 Å². The number of hydrogen-bond donors (Lipinski definition) is 1. The van der Waals surface area contributed by atoms with Crippen LogP contribution in [0.1, 0.15) is 51.7 Å². The molecule has 17 heavy (non-hydrogen) atoms. The number of rotatable bonds is 5. The average molecular weight is 236 g/mol. The summed E-state index contributed by atoms with van der Waals surface area (Å²) in [6.07, 6.45) is 8.11. The molecule has 0 aliphatic heterocycles. The molecule has 2 rings (SSSR count). The second-order valence-corrected chi connectivity index (χ2v) is 5.97. The Bertz CT molecular complexity index is 321. The SMILES string of the molecule is CC(C)CC1(C(O)Cc2ccco2)CCCC1. The van der Waals surface area contributed by atoms with Gasteiger partial charge in [-0.1, -0.05) is 26.7 Å². The number of aliphatic hydroxyl groups is 1. The molecule has 1 N–H and O–H groups in total. The van der Waals surface area contributed by atoms with Crippen LogP contribution in [0.2, 0.25) is 0 Å². The number of aliphatic hydroxyl groups excluding tert-OH is 1. The number of hydrogen-bond acceptors (Lipinski definition) is 2. The zero-order valence-corrected chi connectivity index (χ0v) is 11.0. The van der Waals surface area contributed by atoms with Crippen LogP contribution in [-0.2, 0) is 6.42 Å². The molecule has 1 aliphatic rings. The largest absolute Gasteiger partial charge is 0.469 e. The van der Waals surface area contributed by atoms with E-state index in [9.17, 15) is 5.11 Å². The molecule has 1 aromatic heterocycles. The third kappa shape index (κ3) is 2.92. The van der Waals surface area contributed by atoms with Gasteiger partial charge >= 0.3 is 0 Å². The van der Waals surface area contributed by atoms with E-state index in [0.29, 0.717) is 12.3 Å². The molecule has 1 saturated carbocycles. The fraction of sp³-hybridized carbons (Fsp3) is 0.733. The van der Waals surface area contributed by atoms with Gasteiger partial charge < -0.3 is 9.52 Å². The Labute approximate surface area is 104 Å². The van der Waals surface area contributed by atoms with Crippen molar-refractivity contribution in [2.45, 2.75) is 58.5 Å². The van der Waals surface area contributed by atoms with Gasteiger partial charge in [0.15, 0.2) is 0 Å². The Morgan fingerprint density at radius 3 is 2.59 bits per heavy atom. The van der Waals surface area contributed by atoms with Crippen molar-refractivity contribution in [3.63, 3.8) is 0 Å². The van der Waals surface area contributed by atoms with Gasteiger partial charge in [-0.15, -0.1) is 0 Å². The first-order valence-electron chi connectivity index (χ1n) is 6.83. The van der Waals surface area contributed by atoms with Crippen molar-refractivity contribution in [3.8, 4) is 0 Å². The van der Waals surface area contributed by atoms with Crippen LogP contribution in [-0.4, -0.2) is 11.2 Å². The molecule has 0 aromatic carbocycles. The van der Waals surface area contributed by atoms with Crippen LogP contribution in [0, 0.1) is 11.3 Å². The summed E-state index contributed by atoms with van der Waals surface area (Å²) in [6.45, 7) is 4.50. The fourth-order valence-electron chi connectivity index (χ4n) is 3.40. The molecule has 1 heterocycles. The molecule has 1 aliphatic carbocycles. The highest BCUT2D eigenvalue weighted by molar-refractivity contribution is 5.03. The van der Waals surface area contributed by atoms with E-state index >= 15 is 0 Å². The monoisotopic (exact) mass is 236 g/mol. The van der Waals surface area contributed by atoms with E-state index < -0.39 is 0 Å². The lowest BCUT2D eigenvalue weighted by Gasteiger charge is -2.35. The summed E-state index contributed by atoms with van der Waals surface area (Å²) in [5.74, 6) is 1.56. The van der Waals surface area contributed by atoms with Crippen molar-refractivity contribution in [2.75, 3.05) is 0 Å². The Morgan fingerprint density at radius 2 is 2.06 bits per heavy atom. The van der Waals surface area contributed by atoms with Gasteiger partial charge in [0.05, 0.1) is 12.4 Å². The minimum absolute atomic E-state index is 0.140. The normalized spacial score (nSPS) is 20.9. The van der Waals surface area contributed by atoms with Gasteiger partial charge in [-0.2, -0.15) is 0 Å². The van der Waals surface area contributed by atoms with Crippen LogP contribution in [0.3, 0.4) is 0 Å². The predicted octanol–water partition coefficient (Wildman–Crippen LogP) is 3.79. The summed E-state index contributed by atoms with van der Waals surface area (Å²) in [5, 5.41) is 10.6. The molecular formula is C15H24O2. The molecule has 0 bridgehead atoms. The van der Waals surface area contributed by atoms with Crippen molar-refractivity contribution in [1.82, 2.24) is 0 Å². The minimum Gasteiger partial charge on any atom is -0.469 e. The summed E-state index contributed by atoms with van der Waals surface area (Å²) in [4.78, 5) is 0. The van der Waals surface area contributed by atoms with Gasteiger partial charge in [-0.3, -0.25) is 0 Å². The first-order chi connectivity index (χ1) is 8.12. The third-order valence-electron chi connectivity index (χ3n) is 4.10. The number of furan rings is 1. The highest BCUT2D eigenvalue weighted by atomic mass is 16.3. The lowest BCUT2D eigenvalue weighted by Crippen LogP contribution is -2.35. The van der Waals surface area contributed by atoms with Gasteiger partial charge in [0.25, 0.3) is 0 Å². The third-order valence-corrected chi connectivity index (χ3v) is 4.10. The molecule has 1 fully saturated rings. The van der Waals surface area contributed by atoms with Gasteiger partial charge in [-0.25, -0.2) is 0 Å². The zero-order valence-electron chi connectivity index (χ0n) is 11.0. The standard InChI is InChI=1S/C15H24O2/c1-12(2)11-15(7-3-4-8-15)14(16)10-13-6-5-9-17-13/h5-6,9,12,14,16H,3-4,7-8,10-11H2,1-2H3. The molecular weight excluding hydrogens is 212 g/mol. The smallest absolute Gasteiger partial charge is 0.106 e. The lowest BCUT2D eigenvalue weighted by atomic mass is 9.73. The summed E-state index contributed by atoms with van der Waals surface area (Å²) >= 11 is 0. The maximum atomic E-state index is 10.6. The molecule has 1 aromatic rings. The zero-order chi connectivity index (χ0) is 12.3. The van der Waals surface area contributed by atoms with Crippen molar-refractivity contribution in [2.24, 2.45) is 11.3 Å². The van der Waals surface area contributed by atoms with Crippen molar-refractivity contribution in [1.29, 1.82) is 0 Å². The van der Waals surface area contributed by atoms with Gasteiger partial charge in [0, 0.05) is 6.42 Å². The Morgan fingerprint density at radius 1 is 1.35 bits per heavy atom. The van der Waals surface area contributed by atoms with Crippen LogP contribution >= 0.6 is 0 Å². The summed E-state index contributed by atoms with van der Waals surface area (Å²) in [6, 6.07) is 3.85. The second-order valence-electron chi connectivity index (χ2n) is 5.97. The van der Waals surface area contributed by atoms with Crippen LogP contribution in [0.25, 0.3) is 0 Å². The highest BCUT2D eigenvalue weighted by Gasteiger charge is 2.40. The predicted molar refractivity (Wildman–Crippen MR) is 68.8 cm³/mol. The summed E-state index contributed by atoms with van der Waals surface area (Å²) < 4.78 is 5.35. The maximum Gasteiger partial charge on any atom is 0.106 e. The maximum absolute atomic E-state index is 10.6. The van der Waals surface area contributed by atoms with E-state index in [1.807, 2.05) is 12.1 Å². The first kappa shape index (κ1) is 12.7. The average Bonchev–Trinajstić information content (AvgIpc) is 2.88. The van der Waals surface area contributed by atoms with Gasteiger partial charge in [0.2, 0.25) is 0 Å². The van der Waals surface area contributed by atoms with Crippen LogP contribution in [0.15, 0.2) is 22.8 Å². The van der Waals surface area contributed by atoms with Gasteiger partial charge in [0.1, 0.15) is 5.76 Å². The minimum atomic E-state index is -0.251. The summed E-state index contributed by atoms with van der Waals surface area (Å²) in [5.41, 5.74) is 0.140. The van der Waals surface area contributed by atoms with E-state index in [2.05, 4.69) is 13.8 Å². The Balaban J connectivity index is 2.05. The molecule has 0 saturated heterocycles. The van der Waals surface area contributed by atoms with Crippen molar-refractivity contribution in [3.05, 3.63) is 24.2 Å². The molecule has 1 atom stereocenters. The molecule has 0 radical (unpaired) electrons. The van der Waals surface area contributed by atoms with Crippen LogP contribution in [0.4, 0.5) is 0 Å². The first-order valence-corrected chi connectivity index (χ1v) is 6.83. The van der Waals surface area contributed by atoms with Crippen molar-refractivity contribution < 1.29 is 9.52 Å². The quantitative estimate of drug-likeness (QED) is 0.843. The molecule has 0 amide bonds. The van der Waals surface area contributed by atoms with E-state index in [1.54, 1.807) is 6.26 Å². The molecule has 2 nitrogen and oxygen atoms in total. The van der Waals surface area contributed by atoms with Crippen LogP contribution < -0.4 is 0 Å². The van der Waals surface area contributed by atoms with E-state index in [4.69, 9.17) is 4.42 Å². The van der Waals surface area contributed by atoms with Gasteiger partial charge in [-0.05, 0) is 42.7 Å². The summed E-state index contributed by atoms with van der Waals surface area (Å²) in [7, 11) is 0. The highest BCUT2D eigenvalue weighted by Crippen LogP contribution is 2.46. The molecule has 0 spiro atoms. The molecule has 96 valence electrons. The van der Waals surface area contributed by atoms with Crippen LogP contribution in [0.5, 0.6) is 0 Å². The fourth-order valence-corrected chi connectivity index (χ4v) is 3.40. The Hall–Kier alpha value is -0.760. The molecule has 1 unspecified atom stereocenters. The van der Waals surface area contributed by atoms with Crippen molar-refractivity contribution >= 4 is 0 Å². The Kier molecular flexibility index (Phi) is 3.93. The van der Waals surface area contributed by atoms with E-state index in [0.717, 1.165) is 12.2 Å². The second kappa shape index (κ2) is 5.26. The van der Waals surface area contributed by atoms with E-state index in [1.165, 1.54) is 25.7 Å². The molecule has 2 heteroatoms. The lowest BCUT2D eigenvalue weighted by molar-refractivity contribution is 0.0101. The van der Waals surface area contributed by atoms with E-state index in [-0.39, 0.29) is 11.5 Å².